The Balaban J connectivity index is -0.000000120. The average molecular weight is 211 g/mol. The fourth-order valence-corrected chi connectivity index (χ4v) is 0. The minimum Gasteiger partial charge on any atom is -0.478 e. The van der Waals surface area contributed by atoms with Gasteiger partial charge in [-0.05, 0) is 12.5 Å². The van der Waals surface area contributed by atoms with Gasteiger partial charge in [0.1, 0.15) is 0 Å². The van der Waals surface area contributed by atoms with Crippen LogP contribution in [-0.4, -0.2) is 34.0 Å². The van der Waals surface area contributed by atoms with Gasteiger partial charge in [-0.3, -0.25) is 0 Å². The SMILES string of the molecule is C=CC(=O)O.C=CCl.CC(O)CO. The quantitative estimate of drug-likeness (QED) is 0.594. The maximum Gasteiger partial charge on any atom is 0.327 e. The Morgan fingerprint density at radius 3 is 1.77 bits per heavy atom. The largest absolute Gasteiger partial charge is 0.478 e. The summed E-state index contributed by atoms with van der Waals surface area (Å²) in [5.41, 5.74) is 1.22. The molecule has 0 fully saturated rings. The molecule has 0 amide bonds. The van der Waals surface area contributed by atoms with E-state index in [-0.39, 0.29) is 6.61 Å². The van der Waals surface area contributed by atoms with Crippen LogP contribution in [0.2, 0.25) is 0 Å². The van der Waals surface area contributed by atoms with Gasteiger partial charge in [-0.2, -0.15) is 0 Å². The van der Waals surface area contributed by atoms with Crippen LogP contribution in [0.3, 0.4) is 0 Å². The van der Waals surface area contributed by atoms with Crippen molar-refractivity contribution in [2.24, 2.45) is 0 Å². The molecule has 0 heterocycles. The number of carboxylic acids is 1. The van der Waals surface area contributed by atoms with Gasteiger partial charge in [-0.1, -0.05) is 24.8 Å². The topological polar surface area (TPSA) is 77.8 Å². The van der Waals surface area contributed by atoms with Gasteiger partial charge in [0.2, 0.25) is 0 Å². The fraction of sp³-hybridized carbons (Fsp3) is 0.375. The third kappa shape index (κ3) is 93.8. The molecule has 0 saturated heterocycles. The lowest BCUT2D eigenvalue weighted by atomic mass is 10.5. The first-order chi connectivity index (χ1) is 5.95. The Hall–Kier alpha value is -0.840. The van der Waals surface area contributed by atoms with Gasteiger partial charge in [0.15, 0.2) is 0 Å². The maximum absolute atomic E-state index is 9.25. The molecule has 13 heavy (non-hydrogen) atoms. The van der Waals surface area contributed by atoms with Gasteiger partial charge < -0.3 is 15.3 Å². The first-order valence-corrected chi connectivity index (χ1v) is 3.75. The lowest BCUT2D eigenvalue weighted by Gasteiger charge is -1.90. The summed E-state index contributed by atoms with van der Waals surface area (Å²) in [6.45, 7) is 7.48. The molecule has 0 aromatic carbocycles. The molecular weight excluding hydrogens is 196 g/mol. The molecule has 0 aliphatic heterocycles. The predicted molar refractivity (Wildman–Crippen MR) is 52.6 cm³/mol. The summed E-state index contributed by atoms with van der Waals surface area (Å²) >= 11 is 4.76. The highest BCUT2D eigenvalue weighted by Crippen LogP contribution is 1.68. The van der Waals surface area contributed by atoms with Crippen molar-refractivity contribution in [2.45, 2.75) is 13.0 Å². The monoisotopic (exact) mass is 210 g/mol. The molecule has 0 spiro atoms. The van der Waals surface area contributed by atoms with E-state index in [0.717, 1.165) is 6.08 Å². The molecule has 0 rings (SSSR count). The molecule has 1 unspecified atom stereocenters. The summed E-state index contributed by atoms with van der Waals surface area (Å²) in [6.07, 6.45) is 0.273. The third-order valence-corrected chi connectivity index (χ3v) is 0.439. The van der Waals surface area contributed by atoms with E-state index < -0.39 is 12.1 Å². The Morgan fingerprint density at radius 1 is 1.62 bits per heavy atom. The molecule has 78 valence electrons. The second-order valence-electron chi connectivity index (χ2n) is 1.73. The van der Waals surface area contributed by atoms with Gasteiger partial charge in [0.25, 0.3) is 0 Å². The first kappa shape index (κ1) is 18.0. The van der Waals surface area contributed by atoms with E-state index in [2.05, 4.69) is 13.2 Å². The van der Waals surface area contributed by atoms with E-state index in [9.17, 15) is 4.79 Å². The summed E-state index contributed by atoms with van der Waals surface area (Å²) in [7, 11) is 0. The number of rotatable bonds is 2. The Labute approximate surface area is 82.8 Å². The van der Waals surface area contributed by atoms with Crippen molar-refractivity contribution in [3.8, 4) is 0 Å². The normalized spacial score (nSPS) is 9.23. The lowest BCUT2D eigenvalue weighted by molar-refractivity contribution is -0.131. The average Bonchev–Trinajstić information content (AvgIpc) is 2.07. The van der Waals surface area contributed by atoms with Crippen LogP contribution in [0.4, 0.5) is 0 Å². The Bertz CT molecular complexity index is 134. The molecule has 0 aromatic heterocycles. The van der Waals surface area contributed by atoms with Crippen molar-refractivity contribution in [1.29, 1.82) is 0 Å². The highest BCUT2D eigenvalue weighted by atomic mass is 35.5. The van der Waals surface area contributed by atoms with Crippen LogP contribution in [0, 0.1) is 0 Å². The number of halogens is 1. The molecule has 0 saturated carbocycles. The predicted octanol–water partition coefficient (Wildman–Crippen LogP) is 0.985. The third-order valence-electron chi connectivity index (χ3n) is 0.439. The molecule has 0 aromatic rings. The van der Waals surface area contributed by atoms with Crippen LogP contribution < -0.4 is 0 Å². The summed E-state index contributed by atoms with van der Waals surface area (Å²) in [5.74, 6) is -0.981. The minimum absolute atomic E-state index is 0.139. The van der Waals surface area contributed by atoms with Gasteiger partial charge in [0, 0.05) is 6.08 Å². The van der Waals surface area contributed by atoms with Crippen LogP contribution >= 0.6 is 11.6 Å². The zero-order valence-electron chi connectivity index (χ0n) is 7.48. The van der Waals surface area contributed by atoms with E-state index in [0.29, 0.717) is 0 Å². The highest BCUT2D eigenvalue weighted by molar-refractivity contribution is 6.25. The smallest absolute Gasteiger partial charge is 0.327 e. The molecule has 1 atom stereocenters. The van der Waals surface area contributed by atoms with Gasteiger partial charge >= 0.3 is 5.97 Å². The molecule has 0 aliphatic carbocycles. The number of carbonyl (C=O) groups is 1. The molecule has 0 bridgehead atoms. The lowest BCUT2D eigenvalue weighted by Crippen LogP contribution is -2.03. The highest BCUT2D eigenvalue weighted by Gasteiger charge is 1.83. The molecule has 0 radical (unpaired) electrons. The summed E-state index contributed by atoms with van der Waals surface area (Å²) in [6, 6.07) is 0. The van der Waals surface area contributed by atoms with Crippen LogP contribution in [0.15, 0.2) is 24.8 Å². The number of hydrogen-bond acceptors (Lipinski definition) is 3. The standard InChI is InChI=1S/C3H8O2.C3H4O2.C2H3Cl/c1-3(5)2-4;1-2-3(4)5;1-2-3/h3-5H,2H2,1H3;2H,1H2,(H,4,5);2H,1H2. The van der Waals surface area contributed by atoms with E-state index >= 15 is 0 Å². The first-order valence-electron chi connectivity index (χ1n) is 3.31. The van der Waals surface area contributed by atoms with Gasteiger partial charge in [0.05, 0.1) is 12.7 Å². The number of carboxylic acid groups (broad SMARTS) is 1. The second kappa shape index (κ2) is 17.3. The van der Waals surface area contributed by atoms with Gasteiger partial charge in [-0.15, -0.1) is 0 Å². The number of aliphatic carboxylic acids is 1. The van der Waals surface area contributed by atoms with E-state index in [4.69, 9.17) is 26.9 Å². The van der Waals surface area contributed by atoms with Crippen LogP contribution in [0.25, 0.3) is 0 Å². The Kier molecular flexibility index (Phi) is 24.0. The minimum atomic E-state index is -0.981. The van der Waals surface area contributed by atoms with Crippen molar-refractivity contribution in [1.82, 2.24) is 0 Å². The summed E-state index contributed by atoms with van der Waals surface area (Å²) < 4.78 is 0. The van der Waals surface area contributed by atoms with Crippen molar-refractivity contribution in [3.63, 3.8) is 0 Å². The maximum atomic E-state index is 9.25. The number of aliphatic hydroxyl groups is 2. The van der Waals surface area contributed by atoms with Crippen molar-refractivity contribution < 1.29 is 20.1 Å². The summed E-state index contributed by atoms with van der Waals surface area (Å²) in [5, 5.41) is 23.6. The van der Waals surface area contributed by atoms with Crippen LogP contribution in [0.1, 0.15) is 6.92 Å². The van der Waals surface area contributed by atoms with Crippen molar-refractivity contribution in [3.05, 3.63) is 24.8 Å². The number of aliphatic hydroxyl groups excluding tert-OH is 2. The van der Waals surface area contributed by atoms with Crippen molar-refractivity contribution in [2.75, 3.05) is 6.61 Å². The Morgan fingerprint density at radius 2 is 1.77 bits per heavy atom. The molecule has 0 aliphatic rings. The molecule has 3 N–H and O–H groups in total. The number of hydrogen-bond donors (Lipinski definition) is 3. The van der Waals surface area contributed by atoms with Crippen molar-refractivity contribution >= 4 is 17.6 Å². The summed E-state index contributed by atoms with van der Waals surface area (Å²) in [4.78, 5) is 9.25. The fourth-order valence-electron chi connectivity index (χ4n) is 0. The van der Waals surface area contributed by atoms with E-state index in [1.807, 2.05) is 0 Å². The molecule has 4 nitrogen and oxygen atoms in total. The van der Waals surface area contributed by atoms with Crippen LogP contribution in [0.5, 0.6) is 0 Å². The van der Waals surface area contributed by atoms with Crippen LogP contribution in [-0.2, 0) is 4.79 Å². The second-order valence-corrected chi connectivity index (χ2v) is 2.04. The van der Waals surface area contributed by atoms with E-state index in [1.54, 1.807) is 0 Å². The molecule has 5 heteroatoms. The zero-order valence-corrected chi connectivity index (χ0v) is 8.24. The zero-order chi connectivity index (χ0) is 11.3. The van der Waals surface area contributed by atoms with E-state index in [1.165, 1.54) is 12.5 Å². The van der Waals surface area contributed by atoms with Gasteiger partial charge in [-0.25, -0.2) is 4.79 Å². The molecular formula is C8H15ClO4.